The van der Waals surface area contributed by atoms with Crippen molar-refractivity contribution in [2.75, 3.05) is 13.3 Å². The molecule has 0 aliphatic carbocycles. The number of amides is 4. The largest absolute Gasteiger partial charge is 0.493 e. The Hall–Kier alpha value is -7.05. The van der Waals surface area contributed by atoms with Crippen LogP contribution in [0.2, 0.25) is 0 Å². The molecule has 2 heterocycles. The zero-order valence-electron chi connectivity index (χ0n) is 32.1. The number of nitrogens with zero attached hydrogens (tertiary/aromatic N) is 4. The van der Waals surface area contributed by atoms with Crippen LogP contribution in [0.5, 0.6) is 5.75 Å². The lowest BCUT2D eigenvalue weighted by Gasteiger charge is -2.31. The average molecular weight is 804 g/mol. The summed E-state index contributed by atoms with van der Waals surface area (Å²) in [5.41, 5.74) is 1.23. The van der Waals surface area contributed by atoms with Crippen LogP contribution in [-0.2, 0) is 24.0 Å². The van der Waals surface area contributed by atoms with Crippen LogP contribution in [0, 0.1) is 5.92 Å². The van der Waals surface area contributed by atoms with Gasteiger partial charge in [0.25, 0.3) is 11.8 Å². The summed E-state index contributed by atoms with van der Waals surface area (Å²) in [6.07, 6.45) is 5.52. The molecule has 0 bridgehead atoms. The van der Waals surface area contributed by atoms with Crippen molar-refractivity contribution in [1.29, 1.82) is 0 Å². The van der Waals surface area contributed by atoms with E-state index in [1.165, 1.54) is 55.1 Å². The van der Waals surface area contributed by atoms with E-state index in [9.17, 15) is 38.7 Å². The van der Waals surface area contributed by atoms with Gasteiger partial charge >= 0.3 is 17.9 Å². The fourth-order valence-corrected chi connectivity index (χ4v) is 5.97. The molecule has 0 saturated carbocycles. The molecule has 308 valence electrons. The molecule has 0 saturated heterocycles. The molecule has 2 aromatic heterocycles. The number of ether oxygens (including phenoxy) is 1. The molecule has 4 rings (SSSR count). The number of carboxylic acids is 2. The first-order chi connectivity index (χ1) is 27.9. The smallest absolute Gasteiger partial charge is 0.363 e. The number of aliphatic carboxylic acids is 2. The number of carbonyl (C=O) groups excluding carboxylic acids is 5. The Labute approximate surface area is 332 Å². The molecule has 58 heavy (non-hydrogen) atoms. The summed E-state index contributed by atoms with van der Waals surface area (Å²) < 4.78 is 13.0. The van der Waals surface area contributed by atoms with E-state index in [1.54, 1.807) is 30.5 Å². The Balaban J connectivity index is 1.40. The van der Waals surface area contributed by atoms with E-state index < -0.39 is 60.1 Å². The third-order valence-corrected chi connectivity index (χ3v) is 8.91. The first-order valence-corrected chi connectivity index (χ1v) is 18.5. The van der Waals surface area contributed by atoms with Gasteiger partial charge in [0.15, 0.2) is 5.76 Å². The summed E-state index contributed by atoms with van der Waals surface area (Å²) in [5, 5.41) is 34.1. The van der Waals surface area contributed by atoms with Crippen molar-refractivity contribution in [3.8, 4) is 22.8 Å². The average Bonchev–Trinajstić information content (AvgIpc) is 3.94. The number of rotatable bonds is 23. The highest BCUT2D eigenvalue weighted by Crippen LogP contribution is 2.29. The summed E-state index contributed by atoms with van der Waals surface area (Å²) >= 11 is 0. The van der Waals surface area contributed by atoms with Crippen molar-refractivity contribution in [1.82, 2.24) is 35.8 Å². The third-order valence-electron chi connectivity index (χ3n) is 8.91. The predicted molar refractivity (Wildman–Crippen MR) is 203 cm³/mol. The van der Waals surface area contributed by atoms with Gasteiger partial charge in [-0.15, -0.1) is 10.2 Å². The van der Waals surface area contributed by atoms with E-state index in [4.69, 9.17) is 19.1 Å². The fourth-order valence-electron chi connectivity index (χ4n) is 5.97. The van der Waals surface area contributed by atoms with Crippen LogP contribution in [0.4, 0.5) is 0 Å². The van der Waals surface area contributed by atoms with Gasteiger partial charge in [0, 0.05) is 11.3 Å². The van der Waals surface area contributed by atoms with Crippen LogP contribution < -0.4 is 20.7 Å². The number of hydrogen-bond donors (Lipinski definition) is 5. The standard InChI is InChI=1S/C39H45N7O12/c1-4-7-8-9-27(30(5-2)46(23-47)58-39(55)24-10-13-26(14-11-24)45-21-42-43-22-45)35(50)40-20-41-37(52)32-17-16-31(57-32)25-12-15-28(33(18-25)56-6-3)36(51)44-29(38(53)54)19-34(48)49/h10-18,21-23,27,29-30H,4-9,19-20H2,1-3H3,(H,40,50)(H,41,52)(H,44,51)(H,48,49)(H,53,54)/t27?,29?,30-/m1/s1. The van der Waals surface area contributed by atoms with Crippen molar-refractivity contribution >= 4 is 42.0 Å². The molecule has 0 radical (unpaired) electrons. The van der Waals surface area contributed by atoms with E-state index in [0.29, 0.717) is 30.5 Å². The van der Waals surface area contributed by atoms with E-state index in [-0.39, 0.29) is 48.1 Å². The SMILES string of the molecule is CCCCCC(C(=O)NCNC(=O)c1ccc(-c2ccc(C(=O)NC(CC(=O)O)C(=O)O)c(OCC)c2)o1)[C@@H](CC)N(C=O)OC(=O)c1ccc(-n2cnnc2)cc1. The summed E-state index contributed by atoms with van der Waals surface area (Å²) in [5.74, 6) is -6.36. The third kappa shape index (κ3) is 11.7. The van der Waals surface area contributed by atoms with Crippen molar-refractivity contribution in [2.24, 2.45) is 5.92 Å². The second kappa shape index (κ2) is 21.3. The fraction of sp³-hybridized carbons (Fsp3) is 0.359. The maximum atomic E-state index is 13.6. The monoisotopic (exact) mass is 803 g/mol. The molecule has 4 amide bonds. The molecule has 0 aliphatic rings. The van der Waals surface area contributed by atoms with Gasteiger partial charge in [0.1, 0.15) is 30.2 Å². The number of aromatic nitrogens is 3. The molecule has 0 fully saturated rings. The van der Waals surface area contributed by atoms with Gasteiger partial charge in [-0.3, -0.25) is 28.5 Å². The second-order valence-electron chi connectivity index (χ2n) is 12.8. The summed E-state index contributed by atoms with van der Waals surface area (Å²) in [7, 11) is 0. The molecule has 0 spiro atoms. The number of furan rings is 1. The molecular formula is C39H45N7O12. The number of carboxylic acid groups (broad SMARTS) is 2. The molecule has 5 N–H and O–H groups in total. The Morgan fingerprint density at radius 3 is 2.26 bits per heavy atom. The number of carbonyl (C=O) groups is 7. The number of unbranched alkanes of at least 4 members (excludes halogenated alkanes) is 2. The first-order valence-electron chi connectivity index (χ1n) is 18.5. The molecule has 19 nitrogen and oxygen atoms in total. The van der Waals surface area contributed by atoms with Gasteiger partial charge in [-0.05, 0) is 68.3 Å². The maximum absolute atomic E-state index is 13.6. The number of benzene rings is 2. The van der Waals surface area contributed by atoms with Gasteiger partial charge < -0.3 is 40.2 Å². The normalized spacial score (nSPS) is 12.3. The maximum Gasteiger partial charge on any atom is 0.363 e. The van der Waals surface area contributed by atoms with Crippen LogP contribution in [-0.4, -0.2) is 97.4 Å². The number of hydroxylamine groups is 2. The predicted octanol–water partition coefficient (Wildman–Crippen LogP) is 3.59. The van der Waals surface area contributed by atoms with Crippen molar-refractivity contribution in [3.63, 3.8) is 0 Å². The highest BCUT2D eigenvalue weighted by Gasteiger charge is 2.34. The Kier molecular flexibility index (Phi) is 16.0. The van der Waals surface area contributed by atoms with E-state index in [1.807, 2.05) is 6.92 Å². The second-order valence-corrected chi connectivity index (χ2v) is 12.8. The summed E-state index contributed by atoms with van der Waals surface area (Å²) in [4.78, 5) is 92.8. The molecule has 3 atom stereocenters. The molecule has 4 aromatic rings. The summed E-state index contributed by atoms with van der Waals surface area (Å²) in [6.45, 7) is 5.27. The molecular weight excluding hydrogens is 758 g/mol. The van der Waals surface area contributed by atoms with Crippen molar-refractivity contribution in [3.05, 3.63) is 84.1 Å². The van der Waals surface area contributed by atoms with Gasteiger partial charge in [0.2, 0.25) is 12.3 Å². The summed E-state index contributed by atoms with van der Waals surface area (Å²) in [6, 6.07) is 11.1. The van der Waals surface area contributed by atoms with Crippen LogP contribution in [0.25, 0.3) is 17.0 Å². The lowest BCUT2D eigenvalue weighted by Crippen LogP contribution is -2.49. The van der Waals surface area contributed by atoms with Gasteiger partial charge in [-0.1, -0.05) is 39.2 Å². The zero-order chi connectivity index (χ0) is 42.2. The van der Waals surface area contributed by atoms with Gasteiger partial charge in [0.05, 0.1) is 42.8 Å². The number of nitrogens with one attached hydrogen (secondary N) is 3. The topological polar surface area (TPSA) is 262 Å². The highest BCUT2D eigenvalue weighted by molar-refractivity contribution is 6.00. The zero-order valence-corrected chi connectivity index (χ0v) is 32.1. The van der Waals surface area contributed by atoms with Crippen molar-refractivity contribution in [2.45, 2.75) is 71.4 Å². The number of hydrogen-bond acceptors (Lipinski definition) is 12. The highest BCUT2D eigenvalue weighted by atomic mass is 16.7. The van der Waals surface area contributed by atoms with E-state index in [2.05, 4.69) is 26.1 Å². The molecule has 19 heteroatoms. The Morgan fingerprint density at radius 2 is 1.64 bits per heavy atom. The van der Waals surface area contributed by atoms with E-state index >= 15 is 0 Å². The molecule has 2 aromatic carbocycles. The minimum atomic E-state index is -1.67. The van der Waals surface area contributed by atoms with Crippen LogP contribution in [0.3, 0.4) is 0 Å². The Morgan fingerprint density at radius 1 is 0.914 bits per heavy atom. The van der Waals surface area contributed by atoms with Crippen LogP contribution >= 0.6 is 0 Å². The minimum absolute atomic E-state index is 0.0508. The Bertz CT molecular complexity index is 2050. The van der Waals surface area contributed by atoms with Crippen molar-refractivity contribution < 1.29 is 57.8 Å². The quantitative estimate of drug-likeness (QED) is 0.0311. The van der Waals surface area contributed by atoms with Crippen LogP contribution in [0.15, 0.2) is 71.7 Å². The van der Waals surface area contributed by atoms with Gasteiger partial charge in [-0.25, -0.2) is 9.59 Å². The van der Waals surface area contributed by atoms with Gasteiger partial charge in [-0.2, -0.15) is 5.06 Å². The first kappa shape index (κ1) is 43.7. The lowest BCUT2D eigenvalue weighted by molar-refractivity contribution is -0.171. The molecule has 0 aliphatic heterocycles. The van der Waals surface area contributed by atoms with Crippen LogP contribution in [0.1, 0.15) is 90.6 Å². The molecule has 2 unspecified atom stereocenters. The van der Waals surface area contributed by atoms with E-state index in [0.717, 1.165) is 17.9 Å². The minimum Gasteiger partial charge on any atom is -0.493 e. The lowest BCUT2D eigenvalue weighted by atomic mass is 9.90.